The number of benzene rings is 2. The van der Waals surface area contributed by atoms with Crippen molar-refractivity contribution in [3.8, 4) is 6.07 Å². The van der Waals surface area contributed by atoms with Gasteiger partial charge < -0.3 is 5.32 Å². The minimum absolute atomic E-state index is 0.0312. The van der Waals surface area contributed by atoms with Crippen molar-refractivity contribution in [3.63, 3.8) is 0 Å². The van der Waals surface area contributed by atoms with Gasteiger partial charge in [0.1, 0.15) is 0 Å². The van der Waals surface area contributed by atoms with Crippen LogP contribution < -0.4 is 5.32 Å². The molecule has 0 radical (unpaired) electrons. The Hall–Kier alpha value is -2.25. The summed E-state index contributed by atoms with van der Waals surface area (Å²) in [5.41, 5.74) is 1.70. The number of nitrogens with one attached hydrogen (secondary N) is 1. The molecule has 21 heavy (non-hydrogen) atoms. The Labute approximate surface area is 127 Å². The average Bonchev–Trinajstić information content (AvgIpc) is 2.53. The molecule has 104 valence electrons. The van der Waals surface area contributed by atoms with Gasteiger partial charge in [0.15, 0.2) is 0 Å². The van der Waals surface area contributed by atoms with E-state index in [1.165, 1.54) is 11.8 Å². The van der Waals surface area contributed by atoms with Crippen molar-refractivity contribution in [2.45, 2.75) is 12.3 Å². The summed E-state index contributed by atoms with van der Waals surface area (Å²) in [6, 6.07) is 16.4. The van der Waals surface area contributed by atoms with Gasteiger partial charge in [-0.2, -0.15) is 5.26 Å². The molecule has 0 aromatic heterocycles. The van der Waals surface area contributed by atoms with Crippen LogP contribution in [0.5, 0.6) is 0 Å². The smallest absolute Gasteiger partial charge is 0.225 e. The van der Waals surface area contributed by atoms with E-state index in [9.17, 15) is 10.1 Å². The molecule has 1 unspecified atom stereocenters. The van der Waals surface area contributed by atoms with Crippen molar-refractivity contribution >= 4 is 28.4 Å². The number of carbonyl (C=O) groups is 1. The number of amides is 1. The Balaban J connectivity index is 2.21. The van der Waals surface area contributed by atoms with Gasteiger partial charge in [0.2, 0.25) is 5.91 Å². The van der Waals surface area contributed by atoms with Gasteiger partial charge in [-0.15, -0.1) is 11.8 Å². The Morgan fingerprint density at radius 3 is 2.76 bits per heavy atom. The summed E-state index contributed by atoms with van der Waals surface area (Å²) in [7, 11) is 0. The predicted molar refractivity (Wildman–Crippen MR) is 85.6 cm³/mol. The van der Waals surface area contributed by atoms with Crippen LogP contribution in [0.15, 0.2) is 53.1 Å². The maximum atomic E-state index is 11.9. The van der Waals surface area contributed by atoms with Gasteiger partial charge in [0.05, 0.1) is 16.7 Å². The lowest BCUT2D eigenvalue weighted by atomic mass is 9.84. The van der Waals surface area contributed by atoms with Crippen LogP contribution >= 0.6 is 11.8 Å². The fraction of sp³-hybridized carbons (Fsp3) is 0.176. The number of thioether (sulfide) groups is 1. The van der Waals surface area contributed by atoms with Crippen LogP contribution in [0.1, 0.15) is 17.9 Å². The van der Waals surface area contributed by atoms with E-state index in [1.807, 2.05) is 48.7 Å². The van der Waals surface area contributed by atoms with Crippen LogP contribution in [0.2, 0.25) is 0 Å². The summed E-state index contributed by atoms with van der Waals surface area (Å²) in [5.74, 6) is -0.200. The van der Waals surface area contributed by atoms with E-state index in [0.29, 0.717) is 17.0 Å². The highest BCUT2D eigenvalue weighted by Gasteiger charge is 2.29. The Kier molecular flexibility index (Phi) is 3.68. The number of nitrogens with zero attached hydrogens (tertiary/aromatic N) is 1. The molecule has 3 nitrogen and oxygen atoms in total. The first-order valence-corrected chi connectivity index (χ1v) is 7.93. The highest BCUT2D eigenvalue weighted by atomic mass is 32.2. The topological polar surface area (TPSA) is 52.9 Å². The lowest BCUT2D eigenvalue weighted by Gasteiger charge is -2.25. The highest BCUT2D eigenvalue weighted by molar-refractivity contribution is 8.02. The molecule has 1 amide bonds. The van der Waals surface area contributed by atoms with Gasteiger partial charge in [-0.25, -0.2) is 0 Å². The minimum Gasteiger partial charge on any atom is -0.320 e. The molecule has 3 rings (SSSR count). The summed E-state index contributed by atoms with van der Waals surface area (Å²) in [6.45, 7) is 0. The van der Waals surface area contributed by atoms with Crippen molar-refractivity contribution in [2.75, 3.05) is 6.26 Å². The normalized spacial score (nSPS) is 18.5. The average molecular weight is 294 g/mol. The maximum Gasteiger partial charge on any atom is 0.225 e. The lowest BCUT2D eigenvalue weighted by Crippen LogP contribution is -2.30. The summed E-state index contributed by atoms with van der Waals surface area (Å²) in [4.78, 5) is 11.9. The molecular weight excluding hydrogens is 280 g/mol. The van der Waals surface area contributed by atoms with E-state index in [2.05, 4.69) is 11.4 Å². The van der Waals surface area contributed by atoms with E-state index in [0.717, 1.165) is 16.3 Å². The summed E-state index contributed by atoms with van der Waals surface area (Å²) >= 11 is 1.41. The quantitative estimate of drug-likeness (QED) is 0.921. The molecule has 1 aliphatic rings. The molecule has 1 heterocycles. The van der Waals surface area contributed by atoms with Crippen LogP contribution in [0.25, 0.3) is 10.8 Å². The molecule has 0 fully saturated rings. The van der Waals surface area contributed by atoms with E-state index >= 15 is 0 Å². The largest absolute Gasteiger partial charge is 0.320 e. The third kappa shape index (κ3) is 2.41. The molecule has 2 aromatic rings. The van der Waals surface area contributed by atoms with Gasteiger partial charge in [-0.05, 0) is 22.6 Å². The van der Waals surface area contributed by atoms with Gasteiger partial charge in [-0.1, -0.05) is 42.5 Å². The molecule has 2 aromatic carbocycles. The molecule has 0 saturated carbocycles. The van der Waals surface area contributed by atoms with Crippen molar-refractivity contribution in [2.24, 2.45) is 0 Å². The highest BCUT2D eigenvalue weighted by Crippen LogP contribution is 2.38. The number of fused-ring (bicyclic) bond motifs is 1. The summed E-state index contributed by atoms with van der Waals surface area (Å²) in [5, 5.41) is 15.2. The third-order valence-corrected chi connectivity index (χ3v) is 4.49. The van der Waals surface area contributed by atoms with Crippen LogP contribution in [0.4, 0.5) is 0 Å². The predicted octanol–water partition coefficient (Wildman–Crippen LogP) is 3.54. The van der Waals surface area contributed by atoms with Crippen molar-refractivity contribution in [1.82, 2.24) is 5.32 Å². The third-order valence-electron chi connectivity index (χ3n) is 3.76. The standard InChI is InChI=1S/C17H14N2OS/c1-21-17-15(10-18)14(9-16(20)19-17)13-8-4-6-11-5-2-3-7-12(11)13/h2-8,14H,9H2,1H3,(H,19,20). The summed E-state index contributed by atoms with van der Waals surface area (Å²) in [6.07, 6.45) is 2.19. The molecule has 1 aliphatic heterocycles. The lowest BCUT2D eigenvalue weighted by molar-refractivity contribution is -0.120. The first-order valence-electron chi connectivity index (χ1n) is 6.70. The van der Waals surface area contributed by atoms with Gasteiger partial charge in [-0.3, -0.25) is 4.79 Å². The molecule has 0 saturated heterocycles. The maximum absolute atomic E-state index is 11.9. The van der Waals surface area contributed by atoms with E-state index < -0.39 is 0 Å². The zero-order chi connectivity index (χ0) is 14.8. The fourth-order valence-electron chi connectivity index (χ4n) is 2.80. The molecule has 4 heteroatoms. The Morgan fingerprint density at radius 1 is 1.24 bits per heavy atom. The molecule has 0 aliphatic carbocycles. The van der Waals surface area contributed by atoms with Gasteiger partial charge >= 0.3 is 0 Å². The first-order chi connectivity index (χ1) is 10.2. The SMILES string of the molecule is CSC1=C(C#N)C(c2cccc3ccccc23)CC(=O)N1. The molecule has 1 N–H and O–H groups in total. The van der Waals surface area contributed by atoms with Gasteiger partial charge in [0, 0.05) is 12.3 Å². The number of hydrogen-bond acceptors (Lipinski definition) is 3. The number of hydrogen-bond donors (Lipinski definition) is 1. The van der Waals surface area contributed by atoms with Crippen LogP contribution in [0, 0.1) is 11.3 Å². The first kappa shape index (κ1) is 13.7. The van der Waals surface area contributed by atoms with Crippen LogP contribution in [-0.4, -0.2) is 12.2 Å². The van der Waals surface area contributed by atoms with Crippen LogP contribution in [0.3, 0.4) is 0 Å². The van der Waals surface area contributed by atoms with Crippen molar-refractivity contribution < 1.29 is 4.79 Å². The number of rotatable bonds is 2. The van der Waals surface area contributed by atoms with E-state index in [-0.39, 0.29) is 11.8 Å². The van der Waals surface area contributed by atoms with Crippen molar-refractivity contribution in [1.29, 1.82) is 5.26 Å². The second-order valence-corrected chi connectivity index (χ2v) is 5.75. The molecule has 0 spiro atoms. The zero-order valence-corrected chi connectivity index (χ0v) is 12.4. The van der Waals surface area contributed by atoms with Crippen LogP contribution in [-0.2, 0) is 4.79 Å². The zero-order valence-electron chi connectivity index (χ0n) is 11.6. The minimum atomic E-state index is -0.169. The monoisotopic (exact) mass is 294 g/mol. The molecule has 1 atom stereocenters. The van der Waals surface area contributed by atoms with Crippen molar-refractivity contribution in [3.05, 3.63) is 58.6 Å². The molecular formula is C17H14N2OS. The van der Waals surface area contributed by atoms with E-state index in [4.69, 9.17) is 0 Å². The fourth-order valence-corrected chi connectivity index (χ4v) is 3.42. The Morgan fingerprint density at radius 2 is 2.00 bits per heavy atom. The molecule has 0 bridgehead atoms. The number of nitriles is 1. The van der Waals surface area contributed by atoms with E-state index in [1.54, 1.807) is 0 Å². The number of carbonyl (C=O) groups excluding carboxylic acids is 1. The number of allylic oxidation sites excluding steroid dienone is 1. The summed E-state index contributed by atoms with van der Waals surface area (Å²) < 4.78 is 0. The second kappa shape index (κ2) is 5.63. The Bertz CT molecular complexity index is 783. The second-order valence-electron chi connectivity index (χ2n) is 4.93. The van der Waals surface area contributed by atoms with Gasteiger partial charge in [0.25, 0.3) is 0 Å².